The number of carbonyl (C=O) groups is 2. The van der Waals surface area contributed by atoms with Gasteiger partial charge in [0.15, 0.2) is 5.96 Å². The van der Waals surface area contributed by atoms with Gasteiger partial charge in [-0.1, -0.05) is 0 Å². The number of amides is 2. The Morgan fingerprint density at radius 3 is 2.22 bits per heavy atom. The van der Waals surface area contributed by atoms with Gasteiger partial charge in [-0.15, -0.1) is 24.0 Å². The van der Waals surface area contributed by atoms with Gasteiger partial charge in [0.2, 0.25) is 11.8 Å². The van der Waals surface area contributed by atoms with Crippen LogP contribution in [-0.2, 0) is 9.59 Å². The predicted molar refractivity (Wildman–Crippen MR) is 116 cm³/mol. The third kappa shape index (κ3) is 6.20. The van der Waals surface area contributed by atoms with Crippen LogP contribution in [0.25, 0.3) is 0 Å². The van der Waals surface area contributed by atoms with Crippen molar-refractivity contribution in [2.24, 2.45) is 4.99 Å². The Balaban J connectivity index is 0.00000261. The maximum Gasteiger partial charge on any atom is 0.239 e. The lowest BCUT2D eigenvalue weighted by atomic mass is 10.2. The summed E-state index contributed by atoms with van der Waals surface area (Å²) in [6.07, 6.45) is 4.44. The first-order chi connectivity index (χ1) is 12.6. The highest BCUT2D eigenvalue weighted by molar-refractivity contribution is 14.0. The van der Waals surface area contributed by atoms with Gasteiger partial charge in [0.25, 0.3) is 0 Å². The largest absolute Gasteiger partial charge is 0.352 e. The predicted octanol–water partition coefficient (Wildman–Crippen LogP) is 0.0869. The van der Waals surface area contributed by atoms with Gasteiger partial charge in [-0.2, -0.15) is 0 Å². The number of guanidine groups is 1. The summed E-state index contributed by atoms with van der Waals surface area (Å²) in [5.41, 5.74) is 0. The van der Waals surface area contributed by atoms with Crippen molar-refractivity contribution >= 4 is 41.8 Å². The third-order valence-electron chi connectivity index (χ3n) is 5.50. The molecule has 2 aliphatic heterocycles. The minimum absolute atomic E-state index is 0. The average molecular weight is 492 g/mol. The van der Waals surface area contributed by atoms with Gasteiger partial charge < -0.3 is 20.4 Å². The van der Waals surface area contributed by atoms with E-state index in [4.69, 9.17) is 0 Å². The zero-order chi connectivity index (χ0) is 18.5. The Bertz CT molecular complexity index is 540. The highest BCUT2D eigenvalue weighted by Gasteiger charge is 2.30. The molecular weight excluding hydrogens is 459 g/mol. The lowest BCUT2D eigenvalue weighted by molar-refractivity contribution is -0.135. The number of rotatable bonds is 5. The molecule has 0 bridgehead atoms. The van der Waals surface area contributed by atoms with Gasteiger partial charge in [0.05, 0.1) is 12.6 Å². The lowest BCUT2D eigenvalue weighted by Gasteiger charge is -2.39. The Hall–Kier alpha value is -1.10. The first-order valence-electron chi connectivity index (χ1n) is 9.86. The smallest absolute Gasteiger partial charge is 0.239 e. The second-order valence-electron chi connectivity index (χ2n) is 7.47. The van der Waals surface area contributed by atoms with E-state index in [2.05, 4.69) is 25.4 Å². The molecule has 0 radical (unpaired) electrons. The van der Waals surface area contributed by atoms with E-state index in [1.165, 1.54) is 0 Å². The van der Waals surface area contributed by atoms with E-state index in [9.17, 15) is 9.59 Å². The summed E-state index contributed by atoms with van der Waals surface area (Å²) in [6.45, 7) is 7.36. The molecule has 3 aliphatic rings. The van der Waals surface area contributed by atoms with Crippen LogP contribution >= 0.6 is 24.0 Å². The average Bonchev–Trinajstić information content (AvgIpc) is 3.30. The van der Waals surface area contributed by atoms with Crippen LogP contribution in [0.4, 0.5) is 0 Å². The summed E-state index contributed by atoms with van der Waals surface area (Å²) in [5, 5.41) is 6.13. The number of nitrogens with zero attached hydrogens (tertiary/aromatic N) is 4. The first-order valence-corrected chi connectivity index (χ1v) is 9.86. The summed E-state index contributed by atoms with van der Waals surface area (Å²) in [4.78, 5) is 35.1. The van der Waals surface area contributed by atoms with Crippen LogP contribution in [0.15, 0.2) is 4.99 Å². The summed E-state index contributed by atoms with van der Waals surface area (Å²) >= 11 is 0. The van der Waals surface area contributed by atoms with E-state index < -0.39 is 0 Å². The SMILES string of the molecule is CN=C(NCC(=O)NC1CC1)N1CCN(C(C)C(=O)N2CCCC2)CC1.I. The van der Waals surface area contributed by atoms with E-state index in [0.717, 1.165) is 70.9 Å². The zero-order valence-electron chi connectivity index (χ0n) is 16.4. The maximum absolute atomic E-state index is 12.6. The van der Waals surface area contributed by atoms with E-state index >= 15 is 0 Å². The Morgan fingerprint density at radius 2 is 1.67 bits per heavy atom. The molecule has 1 unspecified atom stereocenters. The molecule has 154 valence electrons. The standard InChI is InChI=1S/C18H32N6O2.HI/c1-14(17(26)23-7-3-4-8-23)22-9-11-24(12-10-22)18(19-2)20-13-16(25)21-15-5-6-15;/h14-15H,3-13H2,1-2H3,(H,19,20)(H,21,25);1H. The van der Waals surface area contributed by atoms with Crippen molar-refractivity contribution in [3.8, 4) is 0 Å². The molecule has 0 spiro atoms. The van der Waals surface area contributed by atoms with Crippen LogP contribution in [0.3, 0.4) is 0 Å². The van der Waals surface area contributed by atoms with Gasteiger partial charge in [-0.25, -0.2) is 0 Å². The van der Waals surface area contributed by atoms with Gasteiger partial charge in [-0.3, -0.25) is 19.5 Å². The normalized spacial score (nSPS) is 22.2. The van der Waals surface area contributed by atoms with Gasteiger partial charge in [-0.05, 0) is 32.6 Å². The molecule has 3 rings (SSSR count). The monoisotopic (exact) mass is 492 g/mol. The second-order valence-corrected chi connectivity index (χ2v) is 7.47. The molecule has 0 aromatic rings. The first kappa shape index (κ1) is 22.2. The number of halogens is 1. The highest BCUT2D eigenvalue weighted by atomic mass is 127. The molecule has 1 aliphatic carbocycles. The lowest BCUT2D eigenvalue weighted by Crippen LogP contribution is -2.57. The van der Waals surface area contributed by atoms with Crippen molar-refractivity contribution in [2.75, 3.05) is 52.9 Å². The van der Waals surface area contributed by atoms with Crippen molar-refractivity contribution in [1.82, 2.24) is 25.3 Å². The zero-order valence-corrected chi connectivity index (χ0v) is 18.8. The topological polar surface area (TPSA) is 80.3 Å². The molecule has 1 saturated carbocycles. The molecule has 0 aromatic carbocycles. The summed E-state index contributed by atoms with van der Waals surface area (Å²) < 4.78 is 0. The minimum Gasteiger partial charge on any atom is -0.352 e. The number of nitrogens with one attached hydrogen (secondary N) is 2. The quantitative estimate of drug-likeness (QED) is 0.323. The van der Waals surface area contributed by atoms with Crippen LogP contribution in [-0.4, -0.2) is 97.4 Å². The second kappa shape index (κ2) is 10.4. The van der Waals surface area contributed by atoms with E-state index in [1.54, 1.807) is 7.05 Å². The number of aliphatic imine (C=N–C) groups is 1. The molecular formula is C18H33IN6O2. The number of carbonyl (C=O) groups excluding carboxylic acids is 2. The van der Waals surface area contributed by atoms with Crippen LogP contribution in [0, 0.1) is 0 Å². The molecule has 2 saturated heterocycles. The van der Waals surface area contributed by atoms with Crippen molar-refractivity contribution in [2.45, 2.75) is 44.7 Å². The van der Waals surface area contributed by atoms with Crippen molar-refractivity contribution in [3.05, 3.63) is 0 Å². The molecule has 2 N–H and O–H groups in total. The molecule has 27 heavy (non-hydrogen) atoms. The summed E-state index contributed by atoms with van der Waals surface area (Å²) in [7, 11) is 1.74. The van der Waals surface area contributed by atoms with Crippen LogP contribution in [0.1, 0.15) is 32.6 Å². The maximum atomic E-state index is 12.6. The molecule has 8 nitrogen and oxygen atoms in total. The molecule has 2 heterocycles. The van der Waals surface area contributed by atoms with Crippen molar-refractivity contribution in [1.29, 1.82) is 0 Å². The molecule has 9 heteroatoms. The molecule has 1 atom stereocenters. The van der Waals surface area contributed by atoms with Crippen LogP contribution < -0.4 is 10.6 Å². The Labute approximate surface area is 179 Å². The van der Waals surface area contributed by atoms with Crippen LogP contribution in [0.5, 0.6) is 0 Å². The number of hydrogen-bond acceptors (Lipinski definition) is 4. The molecule has 2 amide bonds. The van der Waals surface area contributed by atoms with Crippen LogP contribution in [0.2, 0.25) is 0 Å². The highest BCUT2D eigenvalue weighted by Crippen LogP contribution is 2.18. The minimum atomic E-state index is -0.0606. The van der Waals surface area contributed by atoms with E-state index in [-0.39, 0.29) is 48.4 Å². The van der Waals surface area contributed by atoms with E-state index in [0.29, 0.717) is 6.04 Å². The number of likely N-dealkylation sites (tertiary alicyclic amines) is 1. The van der Waals surface area contributed by atoms with Gasteiger partial charge >= 0.3 is 0 Å². The fourth-order valence-corrected chi connectivity index (χ4v) is 3.68. The Kier molecular flexibility index (Phi) is 8.59. The number of hydrogen-bond donors (Lipinski definition) is 2. The summed E-state index contributed by atoms with van der Waals surface area (Å²) in [6, 6.07) is 0.319. The van der Waals surface area contributed by atoms with Gasteiger partial charge in [0, 0.05) is 52.4 Å². The van der Waals surface area contributed by atoms with Gasteiger partial charge in [0.1, 0.15) is 0 Å². The fraction of sp³-hybridized carbons (Fsp3) is 0.833. The third-order valence-corrected chi connectivity index (χ3v) is 5.50. The van der Waals surface area contributed by atoms with Crippen molar-refractivity contribution < 1.29 is 9.59 Å². The Morgan fingerprint density at radius 1 is 1.04 bits per heavy atom. The molecule has 0 aromatic heterocycles. The molecule has 3 fully saturated rings. The van der Waals surface area contributed by atoms with Crippen molar-refractivity contribution in [3.63, 3.8) is 0 Å². The number of piperazine rings is 1. The van der Waals surface area contributed by atoms with E-state index in [1.807, 2.05) is 11.8 Å². The fourth-order valence-electron chi connectivity index (χ4n) is 3.68. The summed E-state index contributed by atoms with van der Waals surface area (Å²) in [5.74, 6) is 1.04.